The Kier molecular flexibility index (Phi) is 4.24. The Morgan fingerprint density at radius 3 is 2.68 bits per heavy atom. The molecule has 0 aliphatic carbocycles. The van der Waals surface area contributed by atoms with E-state index in [1.807, 2.05) is 24.7 Å². The Morgan fingerprint density at radius 1 is 1.37 bits per heavy atom. The van der Waals surface area contributed by atoms with Crippen molar-refractivity contribution in [1.29, 1.82) is 0 Å². The van der Waals surface area contributed by atoms with Crippen molar-refractivity contribution in [1.82, 2.24) is 9.78 Å². The maximum atomic E-state index is 13.3. The second-order valence-electron chi connectivity index (χ2n) is 4.56. The average molecular weight is 326 g/mol. The number of nitrogens with one attached hydrogen (secondary N) is 1. The van der Waals surface area contributed by atoms with Crippen molar-refractivity contribution in [3.05, 3.63) is 45.4 Å². The lowest BCUT2D eigenvalue weighted by atomic mass is 10.2. The molecule has 0 aliphatic heterocycles. The fraction of sp³-hybridized carbons (Fsp3) is 0.357. The summed E-state index contributed by atoms with van der Waals surface area (Å²) in [6, 6.07) is 4.94. The summed E-state index contributed by atoms with van der Waals surface area (Å²) in [4.78, 5) is 0. The van der Waals surface area contributed by atoms with Gasteiger partial charge in [-0.25, -0.2) is 4.39 Å². The van der Waals surface area contributed by atoms with E-state index in [1.165, 1.54) is 12.1 Å². The third-order valence-electron chi connectivity index (χ3n) is 3.01. The molecule has 0 saturated heterocycles. The van der Waals surface area contributed by atoms with Crippen LogP contribution in [0.25, 0.3) is 0 Å². The number of aromatic nitrogens is 2. The molecule has 0 bridgehead atoms. The third-order valence-corrected chi connectivity index (χ3v) is 3.92. The van der Waals surface area contributed by atoms with Crippen molar-refractivity contribution >= 4 is 21.6 Å². The molecule has 5 heteroatoms. The van der Waals surface area contributed by atoms with Crippen LogP contribution in [-0.2, 0) is 20.0 Å². The zero-order valence-electron chi connectivity index (χ0n) is 11.3. The summed E-state index contributed by atoms with van der Waals surface area (Å²) in [6.45, 7) is 4.55. The van der Waals surface area contributed by atoms with E-state index in [4.69, 9.17) is 0 Å². The molecule has 0 unspecified atom stereocenters. The Balaban J connectivity index is 2.16. The number of hydrogen-bond donors (Lipinski definition) is 1. The molecule has 0 amide bonds. The predicted octanol–water partition coefficient (Wildman–Crippen LogP) is 3.80. The minimum Gasteiger partial charge on any atom is -0.379 e. The van der Waals surface area contributed by atoms with Gasteiger partial charge in [0.15, 0.2) is 0 Å². The molecule has 3 nitrogen and oxygen atoms in total. The summed E-state index contributed by atoms with van der Waals surface area (Å²) in [5.41, 5.74) is 3.78. The van der Waals surface area contributed by atoms with Crippen LogP contribution in [-0.4, -0.2) is 9.78 Å². The number of halogens is 2. The van der Waals surface area contributed by atoms with Crippen molar-refractivity contribution in [2.24, 2.45) is 7.05 Å². The van der Waals surface area contributed by atoms with Gasteiger partial charge in [-0.2, -0.15) is 5.10 Å². The molecule has 2 aromatic rings. The first-order valence-corrected chi connectivity index (χ1v) is 7.02. The van der Waals surface area contributed by atoms with E-state index in [9.17, 15) is 4.39 Å². The van der Waals surface area contributed by atoms with E-state index in [2.05, 4.69) is 33.3 Å². The molecule has 1 heterocycles. The Morgan fingerprint density at radius 2 is 2.11 bits per heavy atom. The monoisotopic (exact) mass is 325 g/mol. The Hall–Kier alpha value is -1.36. The van der Waals surface area contributed by atoms with Crippen molar-refractivity contribution in [2.45, 2.75) is 26.8 Å². The molecular weight excluding hydrogens is 309 g/mol. The van der Waals surface area contributed by atoms with Gasteiger partial charge in [0.2, 0.25) is 0 Å². The van der Waals surface area contributed by atoms with Crippen LogP contribution in [0.4, 0.5) is 10.1 Å². The number of hydrogen-bond acceptors (Lipinski definition) is 2. The van der Waals surface area contributed by atoms with Gasteiger partial charge in [-0.05, 0) is 53.0 Å². The maximum Gasteiger partial charge on any atom is 0.125 e. The molecule has 0 spiro atoms. The lowest BCUT2D eigenvalue weighted by molar-refractivity contribution is 0.627. The zero-order chi connectivity index (χ0) is 14.0. The van der Waals surface area contributed by atoms with Crippen LogP contribution < -0.4 is 5.32 Å². The molecule has 1 N–H and O–H groups in total. The second-order valence-corrected chi connectivity index (χ2v) is 5.35. The molecule has 1 aromatic carbocycles. The second kappa shape index (κ2) is 5.74. The highest BCUT2D eigenvalue weighted by atomic mass is 79.9. The van der Waals surface area contributed by atoms with Gasteiger partial charge in [-0.3, -0.25) is 4.68 Å². The van der Waals surface area contributed by atoms with Crippen LogP contribution in [0.5, 0.6) is 0 Å². The van der Waals surface area contributed by atoms with Gasteiger partial charge in [-0.1, -0.05) is 6.92 Å². The first-order valence-electron chi connectivity index (χ1n) is 6.22. The predicted molar refractivity (Wildman–Crippen MR) is 78.7 cm³/mol. The largest absolute Gasteiger partial charge is 0.379 e. The summed E-state index contributed by atoms with van der Waals surface area (Å²) in [6.07, 6.45) is 0.882. The Bertz CT molecular complexity index is 572. The third kappa shape index (κ3) is 3.15. The zero-order valence-corrected chi connectivity index (χ0v) is 12.9. The van der Waals surface area contributed by atoms with E-state index < -0.39 is 0 Å². The first-order chi connectivity index (χ1) is 9.01. The standard InChI is InChI=1S/C14H17BrFN3/c1-4-12-14(15)13(19(3)18-12)8-17-11-6-9(2)5-10(16)7-11/h5-7,17H,4,8H2,1-3H3. The van der Waals surface area contributed by atoms with Crippen molar-refractivity contribution in [2.75, 3.05) is 5.32 Å². The normalized spacial score (nSPS) is 10.8. The first kappa shape index (κ1) is 14.1. The van der Waals surface area contributed by atoms with Gasteiger partial charge in [0.1, 0.15) is 5.82 Å². The van der Waals surface area contributed by atoms with Gasteiger partial charge in [-0.15, -0.1) is 0 Å². The summed E-state index contributed by atoms with van der Waals surface area (Å²) in [5, 5.41) is 7.66. The summed E-state index contributed by atoms with van der Waals surface area (Å²) < 4.78 is 16.2. The molecular formula is C14H17BrFN3. The number of rotatable bonds is 4. The summed E-state index contributed by atoms with van der Waals surface area (Å²) >= 11 is 3.57. The molecule has 1 aromatic heterocycles. The molecule has 0 aliphatic rings. The van der Waals surface area contributed by atoms with E-state index in [0.717, 1.165) is 33.5 Å². The quantitative estimate of drug-likeness (QED) is 0.926. The van der Waals surface area contributed by atoms with Crippen molar-refractivity contribution < 1.29 is 4.39 Å². The number of nitrogens with zero attached hydrogens (tertiary/aromatic N) is 2. The highest BCUT2D eigenvalue weighted by Crippen LogP contribution is 2.23. The van der Waals surface area contributed by atoms with Crippen LogP contribution >= 0.6 is 15.9 Å². The summed E-state index contributed by atoms with van der Waals surface area (Å²) in [7, 11) is 1.91. The number of benzene rings is 1. The topological polar surface area (TPSA) is 29.9 Å². The lowest BCUT2D eigenvalue weighted by Gasteiger charge is -2.08. The van der Waals surface area contributed by atoms with E-state index >= 15 is 0 Å². The van der Waals surface area contributed by atoms with Gasteiger partial charge < -0.3 is 5.32 Å². The van der Waals surface area contributed by atoms with Crippen molar-refractivity contribution in [3.63, 3.8) is 0 Å². The lowest BCUT2D eigenvalue weighted by Crippen LogP contribution is -2.06. The smallest absolute Gasteiger partial charge is 0.125 e. The highest BCUT2D eigenvalue weighted by Gasteiger charge is 2.12. The minimum absolute atomic E-state index is 0.221. The van der Waals surface area contributed by atoms with Crippen LogP contribution in [0.15, 0.2) is 22.7 Å². The number of aryl methyl sites for hydroxylation is 3. The SMILES string of the molecule is CCc1nn(C)c(CNc2cc(C)cc(F)c2)c1Br. The van der Waals surface area contributed by atoms with Gasteiger partial charge >= 0.3 is 0 Å². The average Bonchev–Trinajstić information content (AvgIpc) is 2.61. The van der Waals surface area contributed by atoms with Crippen LogP contribution in [0.3, 0.4) is 0 Å². The number of anilines is 1. The maximum absolute atomic E-state index is 13.3. The van der Waals surface area contributed by atoms with Gasteiger partial charge in [0, 0.05) is 12.7 Å². The molecule has 102 valence electrons. The van der Waals surface area contributed by atoms with Gasteiger partial charge in [0.05, 0.1) is 22.4 Å². The fourth-order valence-electron chi connectivity index (χ4n) is 2.04. The molecule has 0 atom stereocenters. The molecule has 0 fully saturated rings. The highest BCUT2D eigenvalue weighted by molar-refractivity contribution is 9.10. The fourth-order valence-corrected chi connectivity index (χ4v) is 2.79. The molecule has 19 heavy (non-hydrogen) atoms. The van der Waals surface area contributed by atoms with Crippen LogP contribution in [0.2, 0.25) is 0 Å². The van der Waals surface area contributed by atoms with Gasteiger partial charge in [0.25, 0.3) is 0 Å². The van der Waals surface area contributed by atoms with Crippen molar-refractivity contribution in [3.8, 4) is 0 Å². The van der Waals surface area contributed by atoms with Crippen LogP contribution in [0, 0.1) is 12.7 Å². The molecule has 0 saturated carbocycles. The van der Waals surface area contributed by atoms with E-state index in [-0.39, 0.29) is 5.82 Å². The van der Waals surface area contributed by atoms with Crippen LogP contribution in [0.1, 0.15) is 23.9 Å². The molecule has 2 rings (SSSR count). The molecule has 0 radical (unpaired) electrons. The van der Waals surface area contributed by atoms with E-state index in [0.29, 0.717) is 6.54 Å². The minimum atomic E-state index is -0.221. The Labute approximate surface area is 121 Å². The van der Waals surface area contributed by atoms with E-state index in [1.54, 1.807) is 0 Å². The summed E-state index contributed by atoms with van der Waals surface area (Å²) in [5.74, 6) is -0.221.